The summed E-state index contributed by atoms with van der Waals surface area (Å²) in [6.07, 6.45) is 0. The molecule has 1 unspecified atom stereocenters. The standard InChI is InChI=1S/C18H16N2O2/c1-21-16-7-9-17(10-8-16)22-13-18(15(11-19)12-20)14-5-3-2-4-6-14/h2-10,15,18H,13H2,1H3. The molecular weight excluding hydrogens is 276 g/mol. The Hall–Kier alpha value is -2.98. The molecular formula is C18H16N2O2. The van der Waals surface area contributed by atoms with Crippen molar-refractivity contribution in [1.82, 2.24) is 0 Å². The highest BCUT2D eigenvalue weighted by atomic mass is 16.5. The summed E-state index contributed by atoms with van der Waals surface area (Å²) in [5.41, 5.74) is 0.920. The fourth-order valence-corrected chi connectivity index (χ4v) is 2.15. The van der Waals surface area contributed by atoms with Gasteiger partial charge in [-0.2, -0.15) is 10.5 Å². The number of ether oxygens (including phenoxy) is 2. The van der Waals surface area contributed by atoms with Crippen molar-refractivity contribution < 1.29 is 9.47 Å². The average molecular weight is 292 g/mol. The van der Waals surface area contributed by atoms with E-state index >= 15 is 0 Å². The maximum Gasteiger partial charge on any atom is 0.143 e. The Morgan fingerprint density at radius 3 is 2.05 bits per heavy atom. The molecule has 0 spiro atoms. The highest BCUT2D eigenvalue weighted by molar-refractivity contribution is 5.32. The number of nitriles is 2. The summed E-state index contributed by atoms with van der Waals surface area (Å²) in [5.74, 6) is 0.384. The molecule has 0 amide bonds. The maximum atomic E-state index is 9.18. The highest BCUT2D eigenvalue weighted by Crippen LogP contribution is 2.26. The van der Waals surface area contributed by atoms with Gasteiger partial charge in [0.05, 0.1) is 25.9 Å². The minimum absolute atomic E-state index is 0.266. The third-order valence-corrected chi connectivity index (χ3v) is 3.40. The molecule has 0 saturated carbocycles. The quantitative estimate of drug-likeness (QED) is 0.817. The lowest BCUT2D eigenvalue weighted by molar-refractivity contribution is 0.276. The van der Waals surface area contributed by atoms with Crippen molar-refractivity contribution in [2.75, 3.05) is 13.7 Å². The molecule has 4 heteroatoms. The average Bonchev–Trinajstić information content (AvgIpc) is 2.60. The monoisotopic (exact) mass is 292 g/mol. The lowest BCUT2D eigenvalue weighted by Gasteiger charge is -2.18. The van der Waals surface area contributed by atoms with Gasteiger partial charge in [0.25, 0.3) is 0 Å². The van der Waals surface area contributed by atoms with Gasteiger partial charge in [-0.05, 0) is 29.8 Å². The zero-order valence-electron chi connectivity index (χ0n) is 12.3. The third-order valence-electron chi connectivity index (χ3n) is 3.40. The van der Waals surface area contributed by atoms with Gasteiger partial charge in [0, 0.05) is 5.92 Å². The summed E-state index contributed by atoms with van der Waals surface area (Å²) in [4.78, 5) is 0. The lowest BCUT2D eigenvalue weighted by Crippen LogP contribution is -2.18. The van der Waals surface area contributed by atoms with Gasteiger partial charge in [-0.3, -0.25) is 0 Å². The second-order valence-electron chi connectivity index (χ2n) is 4.74. The number of hydrogen-bond acceptors (Lipinski definition) is 4. The molecule has 0 aliphatic heterocycles. The maximum absolute atomic E-state index is 9.18. The van der Waals surface area contributed by atoms with Crippen molar-refractivity contribution >= 4 is 0 Å². The minimum atomic E-state index is -0.749. The highest BCUT2D eigenvalue weighted by Gasteiger charge is 2.23. The fraction of sp³-hybridized carbons (Fsp3) is 0.222. The first kappa shape index (κ1) is 15.4. The van der Waals surface area contributed by atoms with E-state index in [2.05, 4.69) is 0 Å². The number of nitrogens with zero attached hydrogens (tertiary/aromatic N) is 2. The Labute approximate surface area is 130 Å². The van der Waals surface area contributed by atoms with Crippen molar-refractivity contribution in [3.63, 3.8) is 0 Å². The van der Waals surface area contributed by atoms with Crippen molar-refractivity contribution in [3.05, 3.63) is 60.2 Å². The van der Waals surface area contributed by atoms with Crippen LogP contribution in [0.3, 0.4) is 0 Å². The van der Waals surface area contributed by atoms with Gasteiger partial charge in [-0.1, -0.05) is 30.3 Å². The predicted molar refractivity (Wildman–Crippen MR) is 82.4 cm³/mol. The Balaban J connectivity index is 2.13. The van der Waals surface area contributed by atoms with Crippen LogP contribution in [0.2, 0.25) is 0 Å². The second kappa shape index (κ2) is 7.71. The first-order chi connectivity index (χ1) is 10.8. The van der Waals surface area contributed by atoms with E-state index in [0.29, 0.717) is 5.75 Å². The van der Waals surface area contributed by atoms with E-state index < -0.39 is 5.92 Å². The van der Waals surface area contributed by atoms with E-state index in [4.69, 9.17) is 9.47 Å². The van der Waals surface area contributed by atoms with Crippen LogP contribution in [0.4, 0.5) is 0 Å². The smallest absolute Gasteiger partial charge is 0.143 e. The predicted octanol–water partition coefficient (Wildman–Crippen LogP) is 3.52. The van der Waals surface area contributed by atoms with E-state index in [9.17, 15) is 10.5 Å². The fourth-order valence-electron chi connectivity index (χ4n) is 2.15. The molecule has 0 N–H and O–H groups in total. The molecule has 0 aliphatic carbocycles. The van der Waals surface area contributed by atoms with Crippen LogP contribution in [0.5, 0.6) is 11.5 Å². The largest absolute Gasteiger partial charge is 0.497 e. The molecule has 0 aliphatic rings. The summed E-state index contributed by atoms with van der Waals surface area (Å²) >= 11 is 0. The van der Waals surface area contributed by atoms with Gasteiger partial charge < -0.3 is 9.47 Å². The first-order valence-electron chi connectivity index (χ1n) is 6.89. The molecule has 0 radical (unpaired) electrons. The topological polar surface area (TPSA) is 66.0 Å². The number of hydrogen-bond donors (Lipinski definition) is 0. The molecule has 0 aromatic heterocycles. The molecule has 1 atom stereocenters. The zero-order chi connectivity index (χ0) is 15.8. The Morgan fingerprint density at radius 1 is 0.909 bits per heavy atom. The molecule has 2 rings (SSSR count). The van der Waals surface area contributed by atoms with E-state index in [-0.39, 0.29) is 12.5 Å². The van der Waals surface area contributed by atoms with Crippen molar-refractivity contribution in [2.24, 2.45) is 5.92 Å². The van der Waals surface area contributed by atoms with Crippen LogP contribution >= 0.6 is 0 Å². The van der Waals surface area contributed by atoms with Gasteiger partial charge in [0.15, 0.2) is 0 Å². The summed E-state index contributed by atoms with van der Waals surface area (Å²) in [6.45, 7) is 0.266. The van der Waals surface area contributed by atoms with Crippen LogP contribution in [-0.2, 0) is 0 Å². The van der Waals surface area contributed by atoms with Crippen LogP contribution in [0.25, 0.3) is 0 Å². The summed E-state index contributed by atoms with van der Waals surface area (Å²) < 4.78 is 10.8. The van der Waals surface area contributed by atoms with Crippen LogP contribution in [0.15, 0.2) is 54.6 Å². The lowest BCUT2D eigenvalue weighted by atomic mass is 9.88. The zero-order valence-corrected chi connectivity index (χ0v) is 12.3. The molecule has 110 valence electrons. The summed E-state index contributed by atoms with van der Waals surface area (Å²) in [5, 5.41) is 18.4. The molecule has 0 bridgehead atoms. The van der Waals surface area contributed by atoms with Gasteiger partial charge >= 0.3 is 0 Å². The normalized spacial score (nSPS) is 11.3. The molecule has 4 nitrogen and oxygen atoms in total. The Bertz CT molecular complexity index is 655. The molecule has 0 heterocycles. The Kier molecular flexibility index (Phi) is 5.40. The number of rotatable bonds is 6. The number of benzene rings is 2. The second-order valence-corrected chi connectivity index (χ2v) is 4.74. The Morgan fingerprint density at radius 2 is 1.50 bits per heavy atom. The van der Waals surface area contributed by atoms with E-state index in [0.717, 1.165) is 11.3 Å². The van der Waals surface area contributed by atoms with Gasteiger partial charge in [-0.15, -0.1) is 0 Å². The van der Waals surface area contributed by atoms with Crippen LogP contribution in [0.1, 0.15) is 11.5 Å². The van der Waals surface area contributed by atoms with Gasteiger partial charge in [0.1, 0.15) is 17.4 Å². The minimum Gasteiger partial charge on any atom is -0.497 e. The van der Waals surface area contributed by atoms with Crippen molar-refractivity contribution in [2.45, 2.75) is 5.92 Å². The summed E-state index contributed by atoms with van der Waals surface area (Å²) in [7, 11) is 1.60. The van der Waals surface area contributed by atoms with Gasteiger partial charge in [0.2, 0.25) is 0 Å². The molecule has 0 fully saturated rings. The SMILES string of the molecule is COc1ccc(OCC(c2ccccc2)C(C#N)C#N)cc1. The van der Waals surface area contributed by atoms with Gasteiger partial charge in [-0.25, -0.2) is 0 Å². The molecule has 22 heavy (non-hydrogen) atoms. The molecule has 2 aromatic rings. The van der Waals surface area contributed by atoms with E-state index in [1.807, 2.05) is 42.5 Å². The van der Waals surface area contributed by atoms with E-state index in [1.54, 1.807) is 31.4 Å². The van der Waals surface area contributed by atoms with Crippen LogP contribution in [-0.4, -0.2) is 13.7 Å². The molecule has 2 aromatic carbocycles. The van der Waals surface area contributed by atoms with Crippen LogP contribution in [0, 0.1) is 28.6 Å². The summed E-state index contributed by atoms with van der Waals surface area (Å²) in [6, 6.07) is 20.8. The third kappa shape index (κ3) is 3.77. The first-order valence-corrected chi connectivity index (χ1v) is 6.89. The number of methoxy groups -OCH3 is 1. The van der Waals surface area contributed by atoms with E-state index in [1.165, 1.54) is 0 Å². The van der Waals surface area contributed by atoms with Crippen molar-refractivity contribution in [3.8, 4) is 23.6 Å². The van der Waals surface area contributed by atoms with Crippen molar-refractivity contribution in [1.29, 1.82) is 10.5 Å². The molecule has 0 saturated heterocycles. The van der Waals surface area contributed by atoms with Crippen LogP contribution < -0.4 is 9.47 Å².